The van der Waals surface area contributed by atoms with Crippen molar-refractivity contribution in [3.63, 3.8) is 0 Å². The van der Waals surface area contributed by atoms with Crippen LogP contribution in [0, 0.1) is 13.8 Å². The van der Waals surface area contributed by atoms with Gasteiger partial charge in [-0.15, -0.1) is 0 Å². The van der Waals surface area contributed by atoms with Crippen LogP contribution in [0.3, 0.4) is 0 Å². The maximum Gasteiger partial charge on any atom is 0.317 e. The highest BCUT2D eigenvalue weighted by atomic mass is 16.5. The Morgan fingerprint density at radius 3 is 2.81 bits per heavy atom. The molecule has 3 heterocycles. The lowest BCUT2D eigenvalue weighted by Crippen LogP contribution is -2.41. The molecule has 1 N–H and O–H groups in total. The van der Waals surface area contributed by atoms with E-state index in [0.717, 1.165) is 62.7 Å². The summed E-state index contributed by atoms with van der Waals surface area (Å²) in [5, 5.41) is 11.3. The second kappa shape index (κ2) is 8.35. The molecular formula is C18H28N6O2. The highest BCUT2D eigenvalue weighted by Gasteiger charge is 2.20. The number of carbonyl (C=O) groups excluding carboxylic acids is 1. The summed E-state index contributed by atoms with van der Waals surface area (Å²) >= 11 is 0. The first-order valence-corrected chi connectivity index (χ1v) is 9.25. The lowest BCUT2D eigenvalue weighted by atomic mass is 10.2. The van der Waals surface area contributed by atoms with E-state index >= 15 is 0 Å². The Bertz CT molecular complexity index is 718. The molecule has 0 radical (unpaired) electrons. The topological polar surface area (TPSA) is 79.4 Å². The zero-order chi connectivity index (χ0) is 18.5. The zero-order valence-electron chi connectivity index (χ0n) is 15.9. The van der Waals surface area contributed by atoms with Crippen molar-refractivity contribution in [1.29, 1.82) is 0 Å². The largest absolute Gasteiger partial charge is 0.361 e. The Balaban J connectivity index is 1.49. The van der Waals surface area contributed by atoms with Crippen molar-refractivity contribution in [2.75, 3.05) is 26.2 Å². The summed E-state index contributed by atoms with van der Waals surface area (Å²) in [5.41, 5.74) is 3.02. The molecule has 26 heavy (non-hydrogen) atoms. The second-order valence-corrected chi connectivity index (χ2v) is 6.78. The number of carbonyl (C=O) groups is 1. The Morgan fingerprint density at radius 2 is 2.12 bits per heavy atom. The van der Waals surface area contributed by atoms with Gasteiger partial charge in [-0.05, 0) is 27.2 Å². The van der Waals surface area contributed by atoms with E-state index in [-0.39, 0.29) is 6.03 Å². The first-order chi connectivity index (χ1) is 12.6. The van der Waals surface area contributed by atoms with Gasteiger partial charge >= 0.3 is 6.03 Å². The SMILES string of the molecule is CCn1cc(CN2CCCN(C(=O)NCc3c(C)noc3C)CC2)cn1. The fourth-order valence-corrected chi connectivity index (χ4v) is 3.28. The van der Waals surface area contributed by atoms with Gasteiger partial charge in [0.1, 0.15) is 5.76 Å². The molecule has 0 bridgehead atoms. The standard InChI is InChI=1S/C18H28N6O2/c1-4-24-13-16(10-20-24)12-22-6-5-7-23(9-8-22)18(25)19-11-17-14(2)21-26-15(17)3/h10,13H,4-9,11-12H2,1-3H3,(H,19,25). The van der Waals surface area contributed by atoms with Crippen LogP contribution in [0.25, 0.3) is 0 Å². The van der Waals surface area contributed by atoms with Crippen LogP contribution in [-0.2, 0) is 19.6 Å². The molecule has 0 saturated carbocycles. The Hall–Kier alpha value is -2.35. The number of aromatic nitrogens is 3. The van der Waals surface area contributed by atoms with E-state index in [1.807, 2.05) is 29.6 Å². The fraction of sp³-hybridized carbons (Fsp3) is 0.611. The predicted molar refractivity (Wildman–Crippen MR) is 97.6 cm³/mol. The monoisotopic (exact) mass is 360 g/mol. The van der Waals surface area contributed by atoms with Gasteiger partial charge in [-0.1, -0.05) is 5.16 Å². The van der Waals surface area contributed by atoms with Crippen LogP contribution in [0.1, 0.15) is 35.9 Å². The van der Waals surface area contributed by atoms with Crippen molar-refractivity contribution in [1.82, 2.24) is 30.1 Å². The normalized spacial score (nSPS) is 15.9. The van der Waals surface area contributed by atoms with Crippen LogP contribution in [0.2, 0.25) is 0 Å². The smallest absolute Gasteiger partial charge is 0.317 e. The van der Waals surface area contributed by atoms with Crippen LogP contribution in [0.4, 0.5) is 4.79 Å². The summed E-state index contributed by atoms with van der Waals surface area (Å²) in [6.07, 6.45) is 5.00. The van der Waals surface area contributed by atoms with Crippen molar-refractivity contribution < 1.29 is 9.32 Å². The summed E-state index contributed by atoms with van der Waals surface area (Å²) in [7, 11) is 0. The lowest BCUT2D eigenvalue weighted by molar-refractivity contribution is 0.197. The van der Waals surface area contributed by atoms with Gasteiger partial charge in [0.25, 0.3) is 0 Å². The zero-order valence-corrected chi connectivity index (χ0v) is 15.9. The molecule has 8 nitrogen and oxygen atoms in total. The first-order valence-electron chi connectivity index (χ1n) is 9.25. The number of nitrogens with one attached hydrogen (secondary N) is 1. The summed E-state index contributed by atoms with van der Waals surface area (Å²) in [6, 6.07) is -0.0225. The number of urea groups is 1. The van der Waals surface area contributed by atoms with Gasteiger partial charge in [0.2, 0.25) is 0 Å². The van der Waals surface area contributed by atoms with Gasteiger partial charge in [0, 0.05) is 63.1 Å². The number of hydrogen-bond acceptors (Lipinski definition) is 5. The molecule has 0 atom stereocenters. The molecule has 2 aromatic heterocycles. The molecule has 2 aromatic rings. The molecule has 0 unspecified atom stereocenters. The highest BCUT2D eigenvalue weighted by Crippen LogP contribution is 2.12. The van der Waals surface area contributed by atoms with Gasteiger partial charge in [-0.2, -0.15) is 5.10 Å². The van der Waals surface area contributed by atoms with Crippen LogP contribution in [0.5, 0.6) is 0 Å². The summed E-state index contributed by atoms with van der Waals surface area (Å²) in [5.74, 6) is 0.762. The lowest BCUT2D eigenvalue weighted by Gasteiger charge is -2.22. The molecular weight excluding hydrogens is 332 g/mol. The number of amides is 2. The third kappa shape index (κ3) is 4.43. The molecule has 1 fully saturated rings. The molecule has 3 rings (SSSR count). The van der Waals surface area contributed by atoms with E-state index in [4.69, 9.17) is 4.52 Å². The predicted octanol–water partition coefficient (Wildman–Crippen LogP) is 1.93. The molecule has 142 valence electrons. The summed E-state index contributed by atoms with van der Waals surface area (Å²) < 4.78 is 7.09. The number of rotatable bonds is 5. The Kier molecular flexibility index (Phi) is 5.92. The van der Waals surface area contributed by atoms with E-state index in [1.165, 1.54) is 5.56 Å². The maximum atomic E-state index is 12.5. The van der Waals surface area contributed by atoms with Gasteiger partial charge in [0.05, 0.1) is 11.9 Å². The number of aryl methyl sites for hydroxylation is 3. The molecule has 8 heteroatoms. The van der Waals surface area contributed by atoms with Crippen LogP contribution in [-0.4, -0.2) is 56.9 Å². The van der Waals surface area contributed by atoms with Crippen molar-refractivity contribution in [2.45, 2.75) is 46.8 Å². The van der Waals surface area contributed by atoms with Crippen LogP contribution >= 0.6 is 0 Å². The molecule has 0 aliphatic carbocycles. The summed E-state index contributed by atoms with van der Waals surface area (Å²) in [4.78, 5) is 16.8. The van der Waals surface area contributed by atoms with E-state index in [1.54, 1.807) is 0 Å². The van der Waals surface area contributed by atoms with Crippen molar-refractivity contribution >= 4 is 6.03 Å². The van der Waals surface area contributed by atoms with Crippen molar-refractivity contribution in [2.24, 2.45) is 0 Å². The number of hydrogen-bond donors (Lipinski definition) is 1. The van der Waals surface area contributed by atoms with Crippen LogP contribution < -0.4 is 5.32 Å². The van der Waals surface area contributed by atoms with E-state index < -0.39 is 0 Å². The third-order valence-corrected chi connectivity index (χ3v) is 4.89. The van der Waals surface area contributed by atoms with E-state index in [0.29, 0.717) is 6.54 Å². The van der Waals surface area contributed by atoms with Gasteiger partial charge in [-0.3, -0.25) is 9.58 Å². The van der Waals surface area contributed by atoms with E-state index in [9.17, 15) is 4.79 Å². The molecule has 0 spiro atoms. The van der Waals surface area contributed by atoms with Crippen molar-refractivity contribution in [3.05, 3.63) is 35.0 Å². The minimum absolute atomic E-state index is 0.0225. The first kappa shape index (κ1) is 18.4. The molecule has 0 aromatic carbocycles. The third-order valence-electron chi connectivity index (χ3n) is 4.89. The maximum absolute atomic E-state index is 12.5. The Morgan fingerprint density at radius 1 is 1.27 bits per heavy atom. The molecule has 1 aliphatic rings. The molecule has 2 amide bonds. The average Bonchev–Trinajstić information content (AvgIpc) is 3.13. The molecule has 1 saturated heterocycles. The fourth-order valence-electron chi connectivity index (χ4n) is 3.28. The van der Waals surface area contributed by atoms with Gasteiger partial charge in [-0.25, -0.2) is 4.79 Å². The van der Waals surface area contributed by atoms with Crippen molar-refractivity contribution in [3.8, 4) is 0 Å². The summed E-state index contributed by atoms with van der Waals surface area (Å²) in [6.45, 7) is 11.4. The van der Waals surface area contributed by atoms with E-state index in [2.05, 4.69) is 33.6 Å². The number of nitrogens with zero attached hydrogens (tertiary/aromatic N) is 5. The quantitative estimate of drug-likeness (QED) is 0.881. The Labute approximate surface area is 154 Å². The minimum atomic E-state index is -0.0225. The van der Waals surface area contributed by atoms with Gasteiger partial charge < -0.3 is 14.7 Å². The second-order valence-electron chi connectivity index (χ2n) is 6.78. The highest BCUT2D eigenvalue weighted by molar-refractivity contribution is 5.74. The molecule has 1 aliphatic heterocycles. The van der Waals surface area contributed by atoms with Gasteiger partial charge in [0.15, 0.2) is 0 Å². The average molecular weight is 360 g/mol. The minimum Gasteiger partial charge on any atom is -0.361 e. The van der Waals surface area contributed by atoms with Crippen LogP contribution in [0.15, 0.2) is 16.9 Å².